The molecule has 0 unspecified atom stereocenters. The summed E-state index contributed by atoms with van der Waals surface area (Å²) in [4.78, 5) is 16.3. The van der Waals surface area contributed by atoms with E-state index in [2.05, 4.69) is 26.2 Å². The number of anilines is 2. The number of nitrogens with one attached hydrogen (secondary N) is 1. The van der Waals surface area contributed by atoms with Crippen LogP contribution in [0.4, 0.5) is 10.8 Å². The molecule has 3 rings (SSSR count). The average molecular weight is 392 g/mol. The normalized spacial score (nSPS) is 10.7. The Kier molecular flexibility index (Phi) is 4.49. The lowest BCUT2D eigenvalue weighted by atomic mass is 10.2. The minimum atomic E-state index is -0.218. The summed E-state index contributed by atoms with van der Waals surface area (Å²) in [5, 5.41) is 3.35. The van der Waals surface area contributed by atoms with E-state index in [1.165, 1.54) is 11.3 Å². The first-order chi connectivity index (χ1) is 11.0. The third kappa shape index (κ3) is 3.80. The van der Waals surface area contributed by atoms with E-state index >= 15 is 0 Å². The summed E-state index contributed by atoms with van der Waals surface area (Å²) < 4.78 is 7.36. The van der Waals surface area contributed by atoms with Gasteiger partial charge in [0.2, 0.25) is 0 Å². The molecule has 0 aliphatic carbocycles. The number of nitrogens with two attached hydrogens (primary N) is 1. The monoisotopic (exact) mass is 391 g/mol. The first-order valence-corrected chi connectivity index (χ1v) is 8.47. The molecule has 1 amide bonds. The van der Waals surface area contributed by atoms with Gasteiger partial charge in [-0.2, -0.15) is 0 Å². The number of ether oxygens (including phenoxy) is 1. The van der Waals surface area contributed by atoms with Gasteiger partial charge in [0.15, 0.2) is 11.7 Å². The third-order valence-electron chi connectivity index (χ3n) is 3.17. The molecule has 0 spiro atoms. The molecule has 3 N–H and O–H groups in total. The number of aryl methyl sites for hydroxylation is 1. The Morgan fingerprint density at radius 3 is 2.83 bits per heavy atom. The topological polar surface area (TPSA) is 77.2 Å². The zero-order valence-corrected chi connectivity index (χ0v) is 14.7. The van der Waals surface area contributed by atoms with Gasteiger partial charge in [0.1, 0.15) is 5.75 Å². The number of fused-ring (bicyclic) bond motifs is 1. The molecular weight excluding hydrogens is 378 g/mol. The lowest BCUT2D eigenvalue weighted by molar-refractivity contribution is -0.118. The molecule has 0 aliphatic heterocycles. The van der Waals surface area contributed by atoms with Crippen LogP contribution in [0.5, 0.6) is 5.75 Å². The van der Waals surface area contributed by atoms with E-state index < -0.39 is 0 Å². The maximum atomic E-state index is 12.0. The van der Waals surface area contributed by atoms with E-state index in [-0.39, 0.29) is 12.5 Å². The number of hydrogen-bond acceptors (Lipinski definition) is 5. The Balaban J connectivity index is 1.66. The largest absolute Gasteiger partial charge is 0.484 e. The SMILES string of the molecule is Cc1cc(NC(=O)COc2ccc(Br)cc2)cc2sc(N)nc12. The molecule has 7 heteroatoms. The van der Waals surface area contributed by atoms with Gasteiger partial charge < -0.3 is 15.8 Å². The van der Waals surface area contributed by atoms with E-state index in [4.69, 9.17) is 10.5 Å². The number of nitrogen functional groups attached to an aromatic ring is 1. The van der Waals surface area contributed by atoms with Crippen molar-refractivity contribution in [1.29, 1.82) is 0 Å². The number of amides is 1. The molecule has 5 nitrogen and oxygen atoms in total. The van der Waals surface area contributed by atoms with Crippen LogP contribution >= 0.6 is 27.3 Å². The van der Waals surface area contributed by atoms with Crippen molar-refractivity contribution in [1.82, 2.24) is 4.98 Å². The molecule has 3 aromatic rings. The Morgan fingerprint density at radius 1 is 1.35 bits per heavy atom. The van der Waals surface area contributed by atoms with Gasteiger partial charge in [-0.15, -0.1) is 0 Å². The lowest BCUT2D eigenvalue weighted by Crippen LogP contribution is -2.20. The quantitative estimate of drug-likeness (QED) is 0.705. The van der Waals surface area contributed by atoms with Gasteiger partial charge in [-0.1, -0.05) is 27.3 Å². The Bertz CT molecular complexity index is 862. The fourth-order valence-electron chi connectivity index (χ4n) is 2.16. The highest BCUT2D eigenvalue weighted by Crippen LogP contribution is 2.29. The van der Waals surface area contributed by atoms with Crippen LogP contribution in [0.1, 0.15) is 5.56 Å². The number of carbonyl (C=O) groups excluding carboxylic acids is 1. The molecule has 0 radical (unpaired) electrons. The Morgan fingerprint density at radius 2 is 2.09 bits per heavy atom. The summed E-state index contributed by atoms with van der Waals surface area (Å²) in [6.45, 7) is 1.89. The Labute approximate surface area is 145 Å². The van der Waals surface area contributed by atoms with Gasteiger partial charge in [-0.25, -0.2) is 4.98 Å². The number of thiazole rings is 1. The van der Waals surface area contributed by atoms with Crippen molar-refractivity contribution in [3.8, 4) is 5.75 Å². The molecule has 23 heavy (non-hydrogen) atoms. The second-order valence-corrected chi connectivity index (χ2v) is 6.96. The fourth-order valence-corrected chi connectivity index (χ4v) is 3.28. The molecule has 0 saturated carbocycles. The maximum Gasteiger partial charge on any atom is 0.262 e. The van der Waals surface area contributed by atoms with Crippen LogP contribution in [0, 0.1) is 6.92 Å². The van der Waals surface area contributed by atoms with E-state index in [1.807, 2.05) is 31.2 Å². The van der Waals surface area contributed by atoms with Crippen LogP contribution in [-0.4, -0.2) is 17.5 Å². The number of nitrogens with zero attached hydrogens (tertiary/aromatic N) is 1. The summed E-state index contributed by atoms with van der Waals surface area (Å²) in [5.41, 5.74) is 8.29. The number of aromatic nitrogens is 1. The second-order valence-electron chi connectivity index (χ2n) is 4.98. The van der Waals surface area contributed by atoms with Gasteiger partial charge in [0.25, 0.3) is 5.91 Å². The predicted octanol–water partition coefficient (Wildman–Crippen LogP) is 3.97. The van der Waals surface area contributed by atoms with Crippen molar-refractivity contribution >= 4 is 54.2 Å². The molecule has 1 aromatic heterocycles. The minimum absolute atomic E-state index is 0.0520. The first kappa shape index (κ1) is 15.8. The molecule has 0 saturated heterocycles. The fraction of sp³-hybridized carbons (Fsp3) is 0.125. The highest BCUT2D eigenvalue weighted by Gasteiger charge is 2.09. The highest BCUT2D eigenvalue weighted by atomic mass is 79.9. The zero-order chi connectivity index (χ0) is 16.4. The van der Waals surface area contributed by atoms with E-state index in [0.29, 0.717) is 16.6 Å². The predicted molar refractivity (Wildman–Crippen MR) is 97.0 cm³/mol. The molecule has 0 aliphatic rings. The molecule has 118 valence electrons. The van der Waals surface area contributed by atoms with Crippen molar-refractivity contribution in [2.75, 3.05) is 17.7 Å². The standard InChI is InChI=1S/C16H14BrN3O2S/c1-9-6-11(7-13-15(9)20-16(18)23-13)19-14(21)8-22-12-4-2-10(17)3-5-12/h2-7H,8H2,1H3,(H2,18,20)(H,19,21). The van der Waals surface area contributed by atoms with Crippen LogP contribution in [0.3, 0.4) is 0 Å². The van der Waals surface area contributed by atoms with Gasteiger partial charge in [-0.3, -0.25) is 4.79 Å². The smallest absolute Gasteiger partial charge is 0.262 e. The van der Waals surface area contributed by atoms with Crippen LogP contribution in [-0.2, 0) is 4.79 Å². The highest BCUT2D eigenvalue weighted by molar-refractivity contribution is 9.10. The van der Waals surface area contributed by atoms with E-state index in [1.54, 1.807) is 12.1 Å². The van der Waals surface area contributed by atoms with Crippen LogP contribution in [0.2, 0.25) is 0 Å². The third-order valence-corrected chi connectivity index (χ3v) is 4.53. The molecular formula is C16H14BrN3O2S. The number of hydrogen-bond donors (Lipinski definition) is 2. The van der Waals surface area contributed by atoms with Crippen molar-refractivity contribution in [3.05, 3.63) is 46.4 Å². The zero-order valence-electron chi connectivity index (χ0n) is 12.3. The molecule has 0 atom stereocenters. The molecule has 0 fully saturated rings. The summed E-state index contributed by atoms with van der Waals surface area (Å²) in [6.07, 6.45) is 0. The van der Waals surface area contributed by atoms with Crippen LogP contribution in [0.15, 0.2) is 40.9 Å². The first-order valence-electron chi connectivity index (χ1n) is 6.86. The van der Waals surface area contributed by atoms with Gasteiger partial charge in [0.05, 0.1) is 10.2 Å². The van der Waals surface area contributed by atoms with Crippen LogP contribution < -0.4 is 15.8 Å². The molecule has 2 aromatic carbocycles. The van der Waals surface area contributed by atoms with E-state index in [9.17, 15) is 4.79 Å². The summed E-state index contributed by atoms with van der Waals surface area (Å²) in [6, 6.07) is 11.1. The van der Waals surface area contributed by atoms with Gasteiger partial charge in [0, 0.05) is 10.2 Å². The van der Waals surface area contributed by atoms with Crippen molar-refractivity contribution < 1.29 is 9.53 Å². The minimum Gasteiger partial charge on any atom is -0.484 e. The number of rotatable bonds is 4. The van der Waals surface area contributed by atoms with Crippen molar-refractivity contribution in [3.63, 3.8) is 0 Å². The summed E-state index contributed by atoms with van der Waals surface area (Å²) in [5.74, 6) is 0.425. The summed E-state index contributed by atoms with van der Waals surface area (Å²) in [7, 11) is 0. The molecule has 0 bridgehead atoms. The van der Waals surface area contributed by atoms with Gasteiger partial charge in [-0.05, 0) is 48.9 Å². The molecule has 1 heterocycles. The number of halogens is 1. The summed E-state index contributed by atoms with van der Waals surface area (Å²) >= 11 is 4.75. The number of benzene rings is 2. The van der Waals surface area contributed by atoms with Crippen LogP contribution in [0.25, 0.3) is 10.2 Å². The van der Waals surface area contributed by atoms with E-state index in [0.717, 1.165) is 20.3 Å². The number of carbonyl (C=O) groups is 1. The average Bonchev–Trinajstić information content (AvgIpc) is 2.88. The van der Waals surface area contributed by atoms with Crippen molar-refractivity contribution in [2.45, 2.75) is 6.92 Å². The Hall–Kier alpha value is -2.12. The lowest BCUT2D eigenvalue weighted by Gasteiger charge is -2.08. The maximum absolute atomic E-state index is 12.0. The second kappa shape index (κ2) is 6.55. The van der Waals surface area contributed by atoms with Crippen molar-refractivity contribution in [2.24, 2.45) is 0 Å². The van der Waals surface area contributed by atoms with Gasteiger partial charge >= 0.3 is 0 Å².